The lowest BCUT2D eigenvalue weighted by atomic mass is 11.7. The smallest absolute Gasteiger partial charge is 0.368 e. The van der Waals surface area contributed by atoms with Crippen molar-refractivity contribution in [1.82, 2.24) is 0 Å². The van der Waals surface area contributed by atoms with Crippen LogP contribution in [-0.4, -0.2) is 39.2 Å². The summed E-state index contributed by atoms with van der Waals surface area (Å²) in [5.74, 6) is 0. The molecule has 0 aromatic heterocycles. The van der Waals surface area contributed by atoms with Gasteiger partial charge >= 0.3 is 9.05 Å². The van der Waals surface area contributed by atoms with Crippen LogP contribution in [0.15, 0.2) is 0 Å². The minimum atomic E-state index is -4.17. The van der Waals surface area contributed by atoms with Crippen molar-refractivity contribution in [2.24, 2.45) is 0 Å². The molecule has 8 heavy (non-hydrogen) atoms. The third kappa shape index (κ3) is 6.27. The van der Waals surface area contributed by atoms with Crippen molar-refractivity contribution >= 4 is 18.6 Å². The van der Waals surface area contributed by atoms with Crippen molar-refractivity contribution in [2.45, 2.75) is 6.55 Å². The Balaban J connectivity index is 3.11. The maximum absolute atomic E-state index is 8.18. The highest BCUT2D eigenvalue weighted by molar-refractivity contribution is 6.49. The first kappa shape index (κ1) is 8.27. The topological polar surface area (TPSA) is 69.9 Å². The molecule has 0 bridgehead atoms. The van der Waals surface area contributed by atoms with E-state index < -0.39 is 9.05 Å². The molecule has 4 nitrogen and oxygen atoms in total. The van der Waals surface area contributed by atoms with Crippen LogP contribution in [0.2, 0.25) is 6.55 Å². The molecule has 0 saturated carbocycles. The van der Waals surface area contributed by atoms with Gasteiger partial charge in [0.2, 0.25) is 0 Å². The van der Waals surface area contributed by atoms with E-state index in [9.17, 15) is 0 Å². The summed E-state index contributed by atoms with van der Waals surface area (Å²) in [7, 11) is -3.71. The molecule has 0 rings (SSSR count). The molecule has 0 heterocycles. The number of hydrogen-bond acceptors (Lipinski definition) is 4. The monoisotopic (exact) mass is 152 g/mol. The summed E-state index contributed by atoms with van der Waals surface area (Å²) in [4.78, 5) is 24.5. The fraction of sp³-hybridized carbons (Fsp3) is 1.00. The Morgan fingerprint density at radius 3 is 2.12 bits per heavy atom. The minimum absolute atomic E-state index is 0.218. The quantitative estimate of drug-likeness (QED) is 0.414. The third-order valence-corrected chi connectivity index (χ3v) is 1.66. The van der Waals surface area contributed by atoms with Gasteiger partial charge in [-0.25, -0.2) is 0 Å². The molecule has 3 N–H and O–H groups in total. The van der Waals surface area contributed by atoms with Gasteiger partial charge in [-0.1, -0.05) is 6.55 Å². The molecule has 0 aromatic rings. The zero-order chi connectivity index (χ0) is 6.62. The maximum Gasteiger partial charge on any atom is 0.671 e. The Kier molecular flexibility index (Phi) is 3.44. The van der Waals surface area contributed by atoms with Crippen molar-refractivity contribution in [3.8, 4) is 0 Å². The zero-order valence-corrected chi connectivity index (χ0v) is 6.46. The summed E-state index contributed by atoms with van der Waals surface area (Å²) < 4.78 is 4.20. The van der Waals surface area contributed by atoms with Crippen LogP contribution in [0, 0.1) is 0 Å². The van der Waals surface area contributed by atoms with Gasteiger partial charge in [0.15, 0.2) is 0 Å². The molecule has 0 saturated heterocycles. The first-order valence-electron chi connectivity index (χ1n) is 2.02. The van der Waals surface area contributed by atoms with Crippen LogP contribution in [0.1, 0.15) is 0 Å². The molecule has 0 spiro atoms. The first-order chi connectivity index (χ1) is 3.56. The SMILES string of the molecule is C[Si]CO[Si](O)(O)O. The van der Waals surface area contributed by atoms with Crippen molar-refractivity contribution in [3.05, 3.63) is 0 Å². The lowest BCUT2D eigenvalue weighted by Gasteiger charge is -2.06. The molecular weight excluding hydrogens is 144 g/mol. The van der Waals surface area contributed by atoms with E-state index in [-0.39, 0.29) is 6.23 Å². The van der Waals surface area contributed by atoms with Crippen molar-refractivity contribution in [2.75, 3.05) is 6.23 Å². The van der Waals surface area contributed by atoms with Crippen LogP contribution in [0.3, 0.4) is 0 Å². The highest BCUT2D eigenvalue weighted by Crippen LogP contribution is 1.85. The molecule has 0 fully saturated rings. The van der Waals surface area contributed by atoms with E-state index in [0.29, 0.717) is 9.52 Å². The fourth-order valence-corrected chi connectivity index (χ4v) is 1.52. The second-order valence-corrected chi connectivity index (χ2v) is 3.65. The van der Waals surface area contributed by atoms with E-state index in [4.69, 9.17) is 14.4 Å². The van der Waals surface area contributed by atoms with Crippen LogP contribution in [0.5, 0.6) is 0 Å². The average molecular weight is 152 g/mol. The van der Waals surface area contributed by atoms with Gasteiger partial charge in [0.1, 0.15) is 0 Å². The first-order valence-corrected chi connectivity index (χ1v) is 5.47. The molecule has 6 heteroatoms. The summed E-state index contributed by atoms with van der Waals surface area (Å²) in [6, 6.07) is 0. The van der Waals surface area contributed by atoms with Gasteiger partial charge in [0, 0.05) is 6.23 Å². The summed E-state index contributed by atoms with van der Waals surface area (Å²) >= 11 is 0. The van der Waals surface area contributed by atoms with Crippen LogP contribution in [0.25, 0.3) is 0 Å². The molecule has 0 aliphatic heterocycles. The average Bonchev–Trinajstić information content (AvgIpc) is 1.59. The highest BCUT2D eigenvalue weighted by atomic mass is 28.4. The van der Waals surface area contributed by atoms with E-state index in [1.54, 1.807) is 0 Å². The fourth-order valence-electron chi connectivity index (χ4n) is 0.169. The highest BCUT2D eigenvalue weighted by Gasteiger charge is 2.29. The van der Waals surface area contributed by atoms with E-state index >= 15 is 0 Å². The molecule has 0 amide bonds. The predicted octanol–water partition coefficient (Wildman–Crippen LogP) is -1.87. The maximum atomic E-state index is 8.18. The lowest BCUT2D eigenvalue weighted by molar-refractivity contribution is 0.0802. The molecule has 0 unspecified atom stereocenters. The van der Waals surface area contributed by atoms with Crippen LogP contribution in [-0.2, 0) is 4.43 Å². The molecule has 48 valence electrons. The predicted molar refractivity (Wildman–Crippen MR) is 30.0 cm³/mol. The van der Waals surface area contributed by atoms with E-state index in [0.717, 1.165) is 0 Å². The Bertz CT molecular complexity index is 59.5. The summed E-state index contributed by atoms with van der Waals surface area (Å²) in [6.45, 7) is 1.83. The van der Waals surface area contributed by atoms with Crippen LogP contribution in [0.4, 0.5) is 0 Å². The van der Waals surface area contributed by atoms with Gasteiger partial charge in [-0.3, -0.25) is 0 Å². The van der Waals surface area contributed by atoms with Gasteiger partial charge in [-0.15, -0.1) is 0 Å². The molecule has 0 aliphatic rings. The zero-order valence-electron chi connectivity index (χ0n) is 4.46. The van der Waals surface area contributed by atoms with Crippen LogP contribution >= 0.6 is 0 Å². The Labute approximate surface area is 51.0 Å². The van der Waals surface area contributed by atoms with Crippen molar-refractivity contribution in [1.29, 1.82) is 0 Å². The van der Waals surface area contributed by atoms with E-state index in [1.807, 2.05) is 6.55 Å². The molecule has 0 aromatic carbocycles. The van der Waals surface area contributed by atoms with Gasteiger partial charge < -0.3 is 18.8 Å². The Morgan fingerprint density at radius 1 is 1.50 bits per heavy atom. The molecular formula is C2H8O4Si2. The third-order valence-electron chi connectivity index (χ3n) is 0.410. The summed E-state index contributed by atoms with van der Waals surface area (Å²) in [6.07, 6.45) is 0.218. The summed E-state index contributed by atoms with van der Waals surface area (Å²) in [5.41, 5.74) is 0. The van der Waals surface area contributed by atoms with E-state index in [1.165, 1.54) is 0 Å². The lowest BCUT2D eigenvalue weighted by Crippen LogP contribution is -2.39. The van der Waals surface area contributed by atoms with Crippen LogP contribution < -0.4 is 0 Å². The standard InChI is InChI=1S/C2H8O4Si2/c1-7-2-6-8(3,4)5/h3-5H,2H2,1H3. The second-order valence-electron chi connectivity index (χ2n) is 1.22. The molecule has 2 radical (unpaired) electrons. The van der Waals surface area contributed by atoms with Crippen molar-refractivity contribution in [3.63, 3.8) is 0 Å². The Hall–Kier alpha value is 0.274. The van der Waals surface area contributed by atoms with Crippen molar-refractivity contribution < 1.29 is 18.8 Å². The summed E-state index contributed by atoms with van der Waals surface area (Å²) in [5, 5.41) is 0. The number of hydrogen-bond donors (Lipinski definition) is 3. The van der Waals surface area contributed by atoms with Gasteiger partial charge in [-0.05, 0) is 0 Å². The van der Waals surface area contributed by atoms with Gasteiger partial charge in [0.25, 0.3) is 0 Å². The van der Waals surface area contributed by atoms with E-state index in [2.05, 4.69) is 4.43 Å². The van der Waals surface area contributed by atoms with Gasteiger partial charge in [-0.2, -0.15) is 0 Å². The van der Waals surface area contributed by atoms with Gasteiger partial charge in [0.05, 0.1) is 9.52 Å². The molecule has 0 aliphatic carbocycles. The number of rotatable bonds is 3. The molecule has 0 atom stereocenters. The normalized spacial score (nSPS) is 12.0. The Morgan fingerprint density at radius 2 is 2.00 bits per heavy atom. The largest absolute Gasteiger partial charge is 0.671 e. The minimum Gasteiger partial charge on any atom is -0.368 e. The second kappa shape index (κ2) is 3.33.